The molecule has 11 aromatic rings. The van der Waals surface area contributed by atoms with Crippen LogP contribution in [0.15, 0.2) is 170 Å². The minimum absolute atomic E-state index is 0.209. The third-order valence-corrected chi connectivity index (χ3v) is 11.2. The molecule has 0 radical (unpaired) electrons. The summed E-state index contributed by atoms with van der Waals surface area (Å²) in [5, 5.41) is 14.8. The Morgan fingerprint density at radius 1 is 0.231 bits per heavy atom. The minimum atomic E-state index is -0.214. The number of hydrogen-bond acceptors (Lipinski definition) is 0. The van der Waals surface area contributed by atoms with Crippen molar-refractivity contribution in [2.24, 2.45) is 0 Å². The molecule has 0 aliphatic rings. The van der Waals surface area contributed by atoms with Crippen molar-refractivity contribution >= 4 is 75.4 Å². The van der Waals surface area contributed by atoms with E-state index in [1.807, 2.05) is 60.7 Å². The number of halogens is 2. The molecule has 11 rings (SSSR count). The van der Waals surface area contributed by atoms with Crippen LogP contribution in [0.1, 0.15) is 0 Å². The van der Waals surface area contributed by atoms with Gasteiger partial charge in [0.15, 0.2) is 0 Å². The van der Waals surface area contributed by atoms with E-state index in [0.29, 0.717) is 10.8 Å². The molecule has 0 aliphatic carbocycles. The maximum Gasteiger partial charge on any atom is 0.131 e. The van der Waals surface area contributed by atoms with Gasteiger partial charge in [-0.05, 0) is 110 Å². The predicted octanol–water partition coefficient (Wildman–Crippen LogP) is 14.5. The van der Waals surface area contributed by atoms with Gasteiger partial charge in [-0.15, -0.1) is 0 Å². The number of rotatable bonds is 3. The van der Waals surface area contributed by atoms with Gasteiger partial charge in [-0.1, -0.05) is 158 Å². The smallest absolute Gasteiger partial charge is 0.131 e. The maximum absolute atomic E-state index is 15.1. The molecule has 0 aliphatic heterocycles. The largest absolute Gasteiger partial charge is 0.206 e. The van der Waals surface area contributed by atoms with E-state index in [-0.39, 0.29) is 11.6 Å². The van der Waals surface area contributed by atoms with E-state index in [1.165, 1.54) is 38.1 Å². The van der Waals surface area contributed by atoms with Gasteiger partial charge in [-0.3, -0.25) is 0 Å². The third-order valence-electron chi connectivity index (χ3n) is 11.2. The van der Waals surface area contributed by atoms with E-state index >= 15 is 4.39 Å². The maximum atomic E-state index is 15.1. The van der Waals surface area contributed by atoms with Gasteiger partial charge in [0, 0.05) is 10.8 Å². The van der Waals surface area contributed by atoms with Crippen LogP contribution < -0.4 is 0 Å². The van der Waals surface area contributed by atoms with Gasteiger partial charge in [-0.25, -0.2) is 8.78 Å². The van der Waals surface area contributed by atoms with Crippen molar-refractivity contribution in [3.8, 4) is 33.4 Å². The normalized spacial score (nSPS) is 12.0. The SMILES string of the molecule is Fc1ccc(-c2c3ccccc3c(-c3ccc4ccc5c(-c6ccc(F)c7ccccc67)ccc6ccc3c4c65)c3ccccc23)c2ccccc12. The van der Waals surface area contributed by atoms with Crippen LogP contribution in [0.3, 0.4) is 0 Å². The van der Waals surface area contributed by atoms with Gasteiger partial charge in [-0.2, -0.15) is 0 Å². The highest BCUT2D eigenvalue weighted by Crippen LogP contribution is 2.49. The Morgan fingerprint density at radius 2 is 0.538 bits per heavy atom. The highest BCUT2D eigenvalue weighted by molar-refractivity contribution is 6.31. The topological polar surface area (TPSA) is 0 Å². The molecule has 2 heteroatoms. The quantitative estimate of drug-likeness (QED) is 0.130. The van der Waals surface area contributed by atoms with Crippen molar-refractivity contribution in [3.05, 3.63) is 181 Å². The van der Waals surface area contributed by atoms with Crippen molar-refractivity contribution in [2.75, 3.05) is 0 Å². The van der Waals surface area contributed by atoms with Gasteiger partial charge in [0.05, 0.1) is 0 Å². The average molecular weight is 667 g/mol. The van der Waals surface area contributed by atoms with Gasteiger partial charge >= 0.3 is 0 Å². The number of benzene rings is 11. The first-order valence-electron chi connectivity index (χ1n) is 17.7. The Hall–Kier alpha value is -6.64. The lowest BCUT2D eigenvalue weighted by Gasteiger charge is -2.21. The zero-order chi connectivity index (χ0) is 34.5. The summed E-state index contributed by atoms with van der Waals surface area (Å²) in [6.45, 7) is 0. The van der Waals surface area contributed by atoms with Crippen LogP contribution in [0.25, 0.3) is 109 Å². The molecular weight excluding hydrogens is 639 g/mol. The number of fused-ring (bicyclic) bond motifs is 4. The molecule has 52 heavy (non-hydrogen) atoms. The Balaban J connectivity index is 1.24. The first-order chi connectivity index (χ1) is 25.7. The average Bonchev–Trinajstić information content (AvgIpc) is 3.20. The second-order valence-electron chi connectivity index (χ2n) is 13.8. The van der Waals surface area contributed by atoms with Crippen LogP contribution in [0, 0.1) is 11.6 Å². The van der Waals surface area contributed by atoms with E-state index < -0.39 is 0 Å². The Bertz CT molecular complexity index is 3210. The molecule has 0 heterocycles. The fourth-order valence-corrected chi connectivity index (χ4v) is 8.94. The fraction of sp³-hybridized carbons (Fsp3) is 0. The molecule has 11 aromatic carbocycles. The lowest BCUT2D eigenvalue weighted by atomic mass is 9.82. The molecule has 0 saturated carbocycles. The molecule has 0 spiro atoms. The highest BCUT2D eigenvalue weighted by Gasteiger charge is 2.22. The van der Waals surface area contributed by atoms with Crippen LogP contribution >= 0.6 is 0 Å². The van der Waals surface area contributed by atoms with Crippen molar-refractivity contribution in [3.63, 3.8) is 0 Å². The summed E-state index contributed by atoms with van der Waals surface area (Å²) in [7, 11) is 0. The summed E-state index contributed by atoms with van der Waals surface area (Å²) in [6, 6.07) is 57.7. The van der Waals surface area contributed by atoms with E-state index in [9.17, 15) is 4.39 Å². The zero-order valence-corrected chi connectivity index (χ0v) is 27.9. The molecule has 0 nitrogen and oxygen atoms in total. The first kappa shape index (κ1) is 29.1. The predicted molar refractivity (Wildman–Crippen MR) is 216 cm³/mol. The second-order valence-corrected chi connectivity index (χ2v) is 13.8. The summed E-state index contributed by atoms with van der Waals surface area (Å²) in [5.41, 5.74) is 6.60. The van der Waals surface area contributed by atoms with Gasteiger partial charge < -0.3 is 0 Å². The summed E-state index contributed by atoms with van der Waals surface area (Å²) in [4.78, 5) is 0. The van der Waals surface area contributed by atoms with Crippen LogP contribution in [-0.2, 0) is 0 Å². The number of hydrogen-bond donors (Lipinski definition) is 0. The minimum Gasteiger partial charge on any atom is -0.206 e. The van der Waals surface area contributed by atoms with Crippen LogP contribution in [0.4, 0.5) is 8.78 Å². The highest BCUT2D eigenvalue weighted by atomic mass is 19.1. The van der Waals surface area contributed by atoms with E-state index in [1.54, 1.807) is 12.1 Å². The summed E-state index contributed by atoms with van der Waals surface area (Å²) in [5.74, 6) is -0.422. The van der Waals surface area contributed by atoms with Crippen molar-refractivity contribution in [1.29, 1.82) is 0 Å². The van der Waals surface area contributed by atoms with E-state index in [2.05, 4.69) is 97.1 Å². The monoisotopic (exact) mass is 666 g/mol. The van der Waals surface area contributed by atoms with Gasteiger partial charge in [0.1, 0.15) is 11.6 Å². The second kappa shape index (κ2) is 10.9. The summed E-state index contributed by atoms with van der Waals surface area (Å²) in [6.07, 6.45) is 0. The van der Waals surface area contributed by atoms with Crippen molar-refractivity contribution in [1.82, 2.24) is 0 Å². The zero-order valence-electron chi connectivity index (χ0n) is 27.9. The third kappa shape index (κ3) is 4.01. The van der Waals surface area contributed by atoms with Crippen LogP contribution in [0.2, 0.25) is 0 Å². The molecule has 0 saturated heterocycles. The Labute approximate surface area is 298 Å². The lowest BCUT2D eigenvalue weighted by Crippen LogP contribution is -1.94. The first-order valence-corrected chi connectivity index (χ1v) is 17.7. The molecule has 0 atom stereocenters. The lowest BCUT2D eigenvalue weighted by molar-refractivity contribution is 0.639. The molecule has 0 bridgehead atoms. The standard InChI is InChI=1S/C50H28F2/c51-45-27-25-33(31-9-1-3-11-35(31)45)34-21-17-29-19-23-43-44(24-20-30-18-22-41(34)47(29)48(30)43)50-39-15-7-5-13-37(39)49(38-14-6-8-16-40(38)50)42-26-28-46(52)36-12-4-2-10-32(36)42/h1-28H. The van der Waals surface area contributed by atoms with Crippen LogP contribution in [0.5, 0.6) is 0 Å². The van der Waals surface area contributed by atoms with Gasteiger partial charge in [0.2, 0.25) is 0 Å². The fourth-order valence-electron chi connectivity index (χ4n) is 8.94. The molecule has 0 fully saturated rings. The van der Waals surface area contributed by atoms with E-state index in [0.717, 1.165) is 60.0 Å². The van der Waals surface area contributed by atoms with Crippen molar-refractivity contribution in [2.45, 2.75) is 0 Å². The molecule has 0 unspecified atom stereocenters. The molecular formula is C50H28F2. The Morgan fingerprint density at radius 3 is 1.04 bits per heavy atom. The van der Waals surface area contributed by atoms with E-state index in [4.69, 9.17) is 0 Å². The summed E-state index contributed by atoms with van der Waals surface area (Å²) < 4.78 is 30.0. The Kier molecular flexibility index (Phi) is 6.12. The van der Waals surface area contributed by atoms with Crippen molar-refractivity contribution < 1.29 is 8.78 Å². The molecule has 0 aromatic heterocycles. The van der Waals surface area contributed by atoms with Crippen LogP contribution in [-0.4, -0.2) is 0 Å². The molecule has 0 amide bonds. The molecule has 242 valence electrons. The molecule has 0 N–H and O–H groups in total. The summed E-state index contributed by atoms with van der Waals surface area (Å²) >= 11 is 0. The van der Waals surface area contributed by atoms with Gasteiger partial charge in [0.25, 0.3) is 0 Å².